The first kappa shape index (κ1) is 19.7. The molecule has 1 saturated carbocycles. The second-order valence-corrected chi connectivity index (χ2v) is 11.1. The monoisotopic (exact) mass is 410 g/mol. The third kappa shape index (κ3) is 3.96. The molecule has 0 N–H and O–H groups in total. The lowest BCUT2D eigenvalue weighted by atomic mass is 9.90. The average Bonchev–Trinajstić information content (AvgIpc) is 2.62. The number of hydrogen-bond acceptors (Lipinski definition) is 5. The maximum Gasteiger partial charge on any atom is 0.196 e. The molecule has 2 aromatic rings. The van der Waals surface area contributed by atoms with Gasteiger partial charge in [0.2, 0.25) is 0 Å². The smallest absolute Gasteiger partial charge is 0.196 e. The van der Waals surface area contributed by atoms with Crippen LogP contribution in [-0.2, 0) is 24.5 Å². The summed E-state index contributed by atoms with van der Waals surface area (Å²) in [6.07, 6.45) is 0.995. The van der Waals surface area contributed by atoms with E-state index in [1.54, 1.807) is 6.07 Å². The summed E-state index contributed by atoms with van der Waals surface area (Å²) < 4.78 is 64.5. The Morgan fingerprint density at radius 1 is 0.852 bits per heavy atom. The first-order valence-corrected chi connectivity index (χ1v) is 11.6. The Bertz CT molecular complexity index is 1030. The molecule has 5 nitrogen and oxygen atoms in total. The molecule has 1 fully saturated rings. The van der Waals surface area contributed by atoms with Crippen molar-refractivity contribution in [3.8, 4) is 0 Å². The molecular formula is C19H19FO5S2. The molecule has 8 heteroatoms. The molecule has 144 valence electrons. The van der Waals surface area contributed by atoms with Crippen molar-refractivity contribution in [2.24, 2.45) is 5.92 Å². The number of carbonyl (C=O) groups is 1. The molecule has 0 saturated heterocycles. The topological polar surface area (TPSA) is 85.3 Å². The Labute approximate surface area is 158 Å². The standard InChI is InChI=1S/C19H19FO5S2/c20-15-9-11-18(12-10-15)27(24,25)19(14-5-4-6-16(21)13-14)26(22,23)17-7-2-1-3-8-17/h1-3,7-12,14,19H,4-6,13H2. The van der Waals surface area contributed by atoms with Gasteiger partial charge >= 0.3 is 0 Å². The molecule has 2 unspecified atom stereocenters. The Hall–Kier alpha value is -2.06. The van der Waals surface area contributed by atoms with E-state index in [2.05, 4.69) is 0 Å². The fourth-order valence-corrected chi connectivity index (χ4v) is 8.53. The van der Waals surface area contributed by atoms with Gasteiger partial charge in [0.1, 0.15) is 11.6 Å². The van der Waals surface area contributed by atoms with Gasteiger partial charge in [-0.1, -0.05) is 18.2 Å². The van der Waals surface area contributed by atoms with E-state index < -0.39 is 36.0 Å². The van der Waals surface area contributed by atoms with Gasteiger partial charge in [0, 0.05) is 12.8 Å². The highest BCUT2D eigenvalue weighted by atomic mass is 32.3. The maximum atomic E-state index is 13.3. The molecule has 1 aliphatic carbocycles. The number of sulfone groups is 2. The lowest BCUT2D eigenvalue weighted by Gasteiger charge is -2.29. The van der Waals surface area contributed by atoms with Gasteiger partial charge in [0.25, 0.3) is 0 Å². The Balaban J connectivity index is 2.16. The molecule has 0 amide bonds. The average molecular weight is 410 g/mol. The van der Waals surface area contributed by atoms with Crippen LogP contribution in [0.2, 0.25) is 0 Å². The van der Waals surface area contributed by atoms with Crippen molar-refractivity contribution in [3.63, 3.8) is 0 Å². The van der Waals surface area contributed by atoms with Crippen molar-refractivity contribution >= 4 is 25.5 Å². The zero-order valence-corrected chi connectivity index (χ0v) is 16.0. The third-order valence-electron chi connectivity index (χ3n) is 4.73. The van der Waals surface area contributed by atoms with Crippen molar-refractivity contribution in [1.82, 2.24) is 0 Å². The molecule has 0 radical (unpaired) electrons. The van der Waals surface area contributed by atoms with Crippen molar-refractivity contribution in [3.05, 3.63) is 60.4 Å². The number of hydrogen-bond donors (Lipinski definition) is 0. The van der Waals surface area contributed by atoms with Crippen LogP contribution in [0.15, 0.2) is 64.4 Å². The van der Waals surface area contributed by atoms with Crippen LogP contribution in [0, 0.1) is 11.7 Å². The van der Waals surface area contributed by atoms with Crippen LogP contribution in [0.4, 0.5) is 4.39 Å². The van der Waals surface area contributed by atoms with E-state index >= 15 is 0 Å². The number of Topliss-reactive ketones (excluding diaryl/α,β-unsaturated/α-hetero) is 1. The van der Waals surface area contributed by atoms with Gasteiger partial charge < -0.3 is 0 Å². The minimum absolute atomic E-state index is 0.100. The third-order valence-corrected chi connectivity index (χ3v) is 10.1. The molecule has 0 aliphatic heterocycles. The summed E-state index contributed by atoms with van der Waals surface area (Å²) in [6, 6.07) is 11.4. The Kier molecular flexibility index (Phi) is 5.48. The van der Waals surface area contributed by atoms with Gasteiger partial charge in [0.05, 0.1) is 9.79 Å². The van der Waals surface area contributed by atoms with Crippen molar-refractivity contribution in [1.29, 1.82) is 0 Å². The SMILES string of the molecule is O=C1CCCC(C(S(=O)(=O)c2ccccc2)S(=O)(=O)c2ccc(F)cc2)C1. The number of benzene rings is 2. The predicted molar refractivity (Wildman–Crippen MR) is 98.0 cm³/mol. The minimum atomic E-state index is -4.35. The van der Waals surface area contributed by atoms with E-state index in [4.69, 9.17) is 0 Å². The van der Waals surface area contributed by atoms with E-state index in [0.29, 0.717) is 19.3 Å². The van der Waals surface area contributed by atoms with Crippen molar-refractivity contribution in [2.75, 3.05) is 0 Å². The molecule has 27 heavy (non-hydrogen) atoms. The summed E-state index contributed by atoms with van der Waals surface area (Å²) in [5.74, 6) is -1.61. The largest absolute Gasteiger partial charge is 0.300 e. The van der Waals surface area contributed by atoms with Gasteiger partial charge in [-0.05, 0) is 55.2 Å². The molecule has 0 bridgehead atoms. The van der Waals surface area contributed by atoms with Crippen LogP contribution in [0.1, 0.15) is 25.7 Å². The number of ketones is 1. The lowest BCUT2D eigenvalue weighted by molar-refractivity contribution is -0.121. The van der Waals surface area contributed by atoms with E-state index in [1.807, 2.05) is 0 Å². The number of rotatable bonds is 5. The molecule has 2 atom stereocenters. The maximum absolute atomic E-state index is 13.3. The molecule has 1 aliphatic rings. The zero-order chi connectivity index (χ0) is 19.7. The first-order chi connectivity index (χ1) is 12.7. The van der Waals surface area contributed by atoms with Crippen LogP contribution in [0.5, 0.6) is 0 Å². The summed E-state index contributed by atoms with van der Waals surface area (Å²) >= 11 is 0. The van der Waals surface area contributed by atoms with Gasteiger partial charge in [-0.15, -0.1) is 0 Å². The van der Waals surface area contributed by atoms with Crippen molar-refractivity contribution in [2.45, 2.75) is 40.1 Å². The fourth-order valence-electron chi connectivity index (χ4n) is 3.47. The first-order valence-electron chi connectivity index (χ1n) is 8.53. The molecule has 0 aromatic heterocycles. The molecule has 3 rings (SSSR count). The summed E-state index contributed by atoms with van der Waals surface area (Å²) in [4.78, 5) is 11.5. The fraction of sp³-hybridized carbons (Fsp3) is 0.316. The Morgan fingerprint density at radius 2 is 1.41 bits per heavy atom. The lowest BCUT2D eigenvalue weighted by Crippen LogP contribution is -2.40. The highest BCUT2D eigenvalue weighted by Crippen LogP contribution is 2.37. The normalized spacial score (nSPS) is 19.6. The number of halogens is 1. The second kappa shape index (κ2) is 7.52. The summed E-state index contributed by atoms with van der Waals surface area (Å²) in [5.41, 5.74) is 0. The van der Waals surface area contributed by atoms with Crippen LogP contribution in [-0.4, -0.2) is 27.2 Å². The number of carbonyl (C=O) groups excluding carboxylic acids is 1. The Morgan fingerprint density at radius 3 is 1.96 bits per heavy atom. The van der Waals surface area contributed by atoms with Crippen LogP contribution in [0.25, 0.3) is 0 Å². The summed E-state index contributed by atoms with van der Waals surface area (Å²) in [5, 5.41) is 0. The van der Waals surface area contributed by atoms with Crippen LogP contribution < -0.4 is 0 Å². The molecule has 0 spiro atoms. The van der Waals surface area contributed by atoms with E-state index in [0.717, 1.165) is 24.3 Å². The predicted octanol–water partition coefficient (Wildman–Crippen LogP) is 3.16. The van der Waals surface area contributed by atoms with E-state index in [9.17, 15) is 26.0 Å². The van der Waals surface area contributed by atoms with Crippen molar-refractivity contribution < 1.29 is 26.0 Å². The van der Waals surface area contributed by atoms with Crippen LogP contribution >= 0.6 is 0 Å². The summed E-state index contributed by atoms with van der Waals surface area (Å²) in [6.45, 7) is 0. The molecule has 0 heterocycles. The zero-order valence-electron chi connectivity index (χ0n) is 14.4. The molecule has 2 aromatic carbocycles. The van der Waals surface area contributed by atoms with Gasteiger partial charge in [-0.25, -0.2) is 21.2 Å². The van der Waals surface area contributed by atoms with Gasteiger partial charge in [-0.3, -0.25) is 4.79 Å². The quantitative estimate of drug-likeness (QED) is 0.707. The molecular weight excluding hydrogens is 391 g/mol. The van der Waals surface area contributed by atoms with Gasteiger partial charge in [-0.2, -0.15) is 0 Å². The van der Waals surface area contributed by atoms with E-state index in [1.165, 1.54) is 24.3 Å². The minimum Gasteiger partial charge on any atom is -0.300 e. The van der Waals surface area contributed by atoms with Gasteiger partial charge in [0.15, 0.2) is 24.3 Å². The highest BCUT2D eigenvalue weighted by molar-refractivity contribution is 8.09. The van der Waals surface area contributed by atoms with E-state index in [-0.39, 0.29) is 22.0 Å². The second-order valence-electron chi connectivity index (χ2n) is 6.62. The highest BCUT2D eigenvalue weighted by Gasteiger charge is 2.46. The van der Waals surface area contributed by atoms with Crippen LogP contribution in [0.3, 0.4) is 0 Å². The summed E-state index contributed by atoms with van der Waals surface area (Å²) in [7, 11) is -8.63.